The van der Waals surface area contributed by atoms with E-state index in [9.17, 15) is 0 Å². The predicted molar refractivity (Wildman–Crippen MR) is 53.0 cm³/mol. The van der Waals surface area contributed by atoms with Gasteiger partial charge in [-0.3, -0.25) is 0 Å². The lowest BCUT2D eigenvalue weighted by Gasteiger charge is -2.07. The van der Waals surface area contributed by atoms with Gasteiger partial charge < -0.3 is 10.1 Å². The summed E-state index contributed by atoms with van der Waals surface area (Å²) in [7, 11) is 1.68. The van der Waals surface area contributed by atoms with Crippen LogP contribution in [0.2, 0.25) is 0 Å². The molecule has 0 heterocycles. The average molecular weight is 169 g/mol. The zero-order chi connectivity index (χ0) is 9.40. The van der Waals surface area contributed by atoms with E-state index < -0.39 is 0 Å². The zero-order valence-electron chi connectivity index (χ0n) is 8.26. The Morgan fingerprint density at radius 3 is 2.75 bits per heavy atom. The molecule has 70 valence electrons. The van der Waals surface area contributed by atoms with E-state index in [1.807, 2.05) is 12.2 Å². The number of ether oxygens (including phenoxy) is 1. The number of nitrogens with one attached hydrogen (secondary N) is 1. The molecule has 0 aromatic carbocycles. The van der Waals surface area contributed by atoms with E-state index >= 15 is 0 Å². The van der Waals surface area contributed by atoms with Gasteiger partial charge in [-0.1, -0.05) is 26.5 Å². The lowest BCUT2D eigenvalue weighted by molar-refractivity contribution is 0.234. The first kappa shape index (κ1) is 11.2. The minimum Gasteiger partial charge on any atom is -0.385 e. The van der Waals surface area contributed by atoms with Crippen molar-refractivity contribution in [1.29, 1.82) is 0 Å². The van der Waals surface area contributed by atoms with Crippen LogP contribution in [0.25, 0.3) is 0 Å². The van der Waals surface area contributed by atoms with Crippen molar-refractivity contribution in [2.75, 3.05) is 20.3 Å². The molecular formula is C10H19NO. The molecule has 0 aliphatic rings. The Labute approximate surface area is 75.3 Å². The van der Waals surface area contributed by atoms with Crippen LogP contribution in [0, 0.1) is 5.92 Å². The number of methoxy groups -OCH3 is 1. The molecule has 0 aliphatic heterocycles. The van der Waals surface area contributed by atoms with Crippen LogP contribution in [0.15, 0.2) is 24.4 Å². The van der Waals surface area contributed by atoms with Gasteiger partial charge >= 0.3 is 0 Å². The Hall–Kier alpha value is -0.760. The Morgan fingerprint density at radius 1 is 1.58 bits per heavy atom. The van der Waals surface area contributed by atoms with Gasteiger partial charge in [0.15, 0.2) is 0 Å². The highest BCUT2D eigenvalue weighted by Gasteiger charge is 1.91. The Balaban J connectivity index is 3.46. The SMILES string of the molecule is C=C(/C=C/COC)NCC(C)C. The predicted octanol–water partition coefficient (Wildman–Crippen LogP) is 1.95. The van der Waals surface area contributed by atoms with Crippen molar-refractivity contribution in [2.45, 2.75) is 13.8 Å². The van der Waals surface area contributed by atoms with E-state index in [0.29, 0.717) is 12.5 Å². The first-order valence-corrected chi connectivity index (χ1v) is 4.25. The summed E-state index contributed by atoms with van der Waals surface area (Å²) in [4.78, 5) is 0. The fourth-order valence-electron chi connectivity index (χ4n) is 0.681. The number of hydrogen-bond acceptors (Lipinski definition) is 2. The third-order valence-corrected chi connectivity index (χ3v) is 1.32. The van der Waals surface area contributed by atoms with Gasteiger partial charge in [0.1, 0.15) is 0 Å². The molecule has 0 saturated carbocycles. The average Bonchev–Trinajstić information content (AvgIpc) is 2.01. The van der Waals surface area contributed by atoms with Gasteiger partial charge in [-0.05, 0) is 12.0 Å². The van der Waals surface area contributed by atoms with Crippen molar-refractivity contribution in [3.63, 3.8) is 0 Å². The molecule has 0 saturated heterocycles. The quantitative estimate of drug-likeness (QED) is 0.614. The van der Waals surface area contributed by atoms with E-state index in [4.69, 9.17) is 4.74 Å². The van der Waals surface area contributed by atoms with Crippen molar-refractivity contribution >= 4 is 0 Å². The summed E-state index contributed by atoms with van der Waals surface area (Å²) in [5, 5.41) is 3.20. The van der Waals surface area contributed by atoms with Crippen LogP contribution in [0.4, 0.5) is 0 Å². The standard InChI is InChI=1S/C10H19NO/c1-9(2)8-11-10(3)6-5-7-12-4/h5-6,9,11H,3,7-8H2,1-2,4H3/b6-5+. The highest BCUT2D eigenvalue weighted by Crippen LogP contribution is 1.92. The maximum absolute atomic E-state index is 4.86. The topological polar surface area (TPSA) is 21.3 Å². The lowest BCUT2D eigenvalue weighted by atomic mass is 10.2. The molecule has 0 atom stereocenters. The molecule has 0 aromatic rings. The molecule has 0 fully saturated rings. The van der Waals surface area contributed by atoms with Gasteiger partial charge in [-0.25, -0.2) is 0 Å². The third kappa shape index (κ3) is 7.35. The molecule has 1 N–H and O–H groups in total. The summed E-state index contributed by atoms with van der Waals surface area (Å²) >= 11 is 0. The normalized spacial score (nSPS) is 11.0. The van der Waals surface area contributed by atoms with Gasteiger partial charge in [0.25, 0.3) is 0 Å². The summed E-state index contributed by atoms with van der Waals surface area (Å²) in [6.07, 6.45) is 3.88. The molecule has 0 radical (unpaired) electrons. The third-order valence-electron chi connectivity index (χ3n) is 1.32. The van der Waals surface area contributed by atoms with Crippen LogP contribution < -0.4 is 5.32 Å². The molecule has 0 aromatic heterocycles. The van der Waals surface area contributed by atoms with Crippen LogP contribution in [0.1, 0.15) is 13.8 Å². The van der Waals surface area contributed by atoms with Gasteiger partial charge in [0.05, 0.1) is 6.61 Å². The summed E-state index contributed by atoms with van der Waals surface area (Å²) in [6, 6.07) is 0. The maximum atomic E-state index is 4.86. The summed E-state index contributed by atoms with van der Waals surface area (Å²) < 4.78 is 4.86. The Kier molecular flexibility index (Phi) is 6.48. The van der Waals surface area contributed by atoms with Crippen LogP contribution in [0.3, 0.4) is 0 Å². The molecule has 0 bridgehead atoms. The molecule has 0 amide bonds. The molecule has 2 nitrogen and oxygen atoms in total. The summed E-state index contributed by atoms with van der Waals surface area (Å²) in [6.45, 7) is 9.79. The second-order valence-corrected chi connectivity index (χ2v) is 3.16. The minimum absolute atomic E-state index is 0.641. The smallest absolute Gasteiger partial charge is 0.0647 e. The molecule has 2 heteroatoms. The molecule has 0 unspecified atom stereocenters. The molecular weight excluding hydrogens is 150 g/mol. The number of rotatable bonds is 6. The first-order valence-electron chi connectivity index (χ1n) is 4.25. The highest BCUT2D eigenvalue weighted by atomic mass is 16.5. The highest BCUT2D eigenvalue weighted by molar-refractivity contribution is 5.12. The molecule has 0 spiro atoms. The second-order valence-electron chi connectivity index (χ2n) is 3.16. The fraction of sp³-hybridized carbons (Fsp3) is 0.600. The maximum Gasteiger partial charge on any atom is 0.0647 e. The van der Waals surface area contributed by atoms with Crippen LogP contribution >= 0.6 is 0 Å². The van der Waals surface area contributed by atoms with Crippen molar-refractivity contribution < 1.29 is 4.74 Å². The summed E-state index contributed by atoms with van der Waals surface area (Å²) in [5.41, 5.74) is 0.945. The Bertz CT molecular complexity index is 150. The number of hydrogen-bond donors (Lipinski definition) is 1. The van der Waals surface area contributed by atoms with Gasteiger partial charge in [0.2, 0.25) is 0 Å². The van der Waals surface area contributed by atoms with E-state index in [0.717, 1.165) is 12.2 Å². The second kappa shape index (κ2) is 6.92. The van der Waals surface area contributed by atoms with Crippen LogP contribution in [0.5, 0.6) is 0 Å². The van der Waals surface area contributed by atoms with E-state index in [-0.39, 0.29) is 0 Å². The van der Waals surface area contributed by atoms with Gasteiger partial charge in [-0.15, -0.1) is 0 Å². The van der Waals surface area contributed by atoms with Gasteiger partial charge in [-0.2, -0.15) is 0 Å². The van der Waals surface area contributed by atoms with Crippen molar-refractivity contribution in [3.05, 3.63) is 24.4 Å². The summed E-state index contributed by atoms with van der Waals surface area (Å²) in [5.74, 6) is 0.651. The lowest BCUT2D eigenvalue weighted by Crippen LogP contribution is -2.17. The van der Waals surface area contributed by atoms with E-state index in [1.54, 1.807) is 7.11 Å². The van der Waals surface area contributed by atoms with E-state index in [2.05, 4.69) is 25.7 Å². The minimum atomic E-state index is 0.641. The van der Waals surface area contributed by atoms with Crippen molar-refractivity contribution in [3.8, 4) is 0 Å². The molecule has 12 heavy (non-hydrogen) atoms. The number of allylic oxidation sites excluding steroid dienone is 1. The first-order chi connectivity index (χ1) is 5.66. The van der Waals surface area contributed by atoms with Gasteiger partial charge in [0, 0.05) is 19.4 Å². The van der Waals surface area contributed by atoms with Crippen molar-refractivity contribution in [1.82, 2.24) is 5.32 Å². The Morgan fingerprint density at radius 2 is 2.25 bits per heavy atom. The monoisotopic (exact) mass is 169 g/mol. The van der Waals surface area contributed by atoms with Crippen LogP contribution in [-0.4, -0.2) is 20.3 Å². The van der Waals surface area contributed by atoms with Crippen LogP contribution in [-0.2, 0) is 4.74 Å². The zero-order valence-corrected chi connectivity index (χ0v) is 8.26. The van der Waals surface area contributed by atoms with Crippen molar-refractivity contribution in [2.24, 2.45) is 5.92 Å². The molecule has 0 aliphatic carbocycles. The fourth-order valence-corrected chi connectivity index (χ4v) is 0.681. The molecule has 0 rings (SSSR count). The largest absolute Gasteiger partial charge is 0.385 e. The van der Waals surface area contributed by atoms with E-state index in [1.165, 1.54) is 0 Å².